The molecule has 184 valence electrons. The van der Waals surface area contributed by atoms with Crippen molar-refractivity contribution in [3.8, 4) is 5.75 Å². The zero-order valence-electron chi connectivity index (χ0n) is 21.3. The van der Waals surface area contributed by atoms with E-state index in [2.05, 4.69) is 59.2 Å². The first-order valence-corrected chi connectivity index (χ1v) is 12.6. The van der Waals surface area contributed by atoms with Gasteiger partial charge in [-0.2, -0.15) is 0 Å². The molecule has 1 aromatic carbocycles. The molecule has 2 N–H and O–H groups in total. The first kappa shape index (κ1) is 24.5. The van der Waals surface area contributed by atoms with Crippen molar-refractivity contribution in [3.63, 3.8) is 0 Å². The van der Waals surface area contributed by atoms with Crippen molar-refractivity contribution in [1.82, 2.24) is 20.5 Å². The number of nitrogens with one attached hydrogen (secondary N) is 2. The predicted octanol–water partition coefficient (Wildman–Crippen LogP) is 5.30. The highest BCUT2D eigenvalue weighted by molar-refractivity contribution is 5.85. The summed E-state index contributed by atoms with van der Waals surface area (Å²) in [5, 5.41) is 7.48. The standard InChI is InChI=1S/C28H40N4O2/c1-7-19-16-32-13-11-20(19)14-25(32)26(30-27(33)31-28(4,5)6)22-10-12-29-24-9-8-21(15-23(22)24)34-17-18(2)3/h7-10,12,15,18-20,25-26H,1,11,13-14,16-17H2,2-6H3,(H2,30,31,33)/t19-,20-,25-,26+/m0/s1. The number of carbonyl (C=O) groups excluding carboxylic acids is 1. The minimum atomic E-state index is -0.313. The van der Waals surface area contributed by atoms with Crippen LogP contribution >= 0.6 is 0 Å². The molecule has 5 rings (SSSR count). The number of rotatable bonds is 7. The molecule has 0 saturated carbocycles. The number of pyridine rings is 1. The van der Waals surface area contributed by atoms with Crippen LogP contribution in [0.4, 0.5) is 4.79 Å². The molecule has 3 aliphatic rings. The zero-order valence-corrected chi connectivity index (χ0v) is 21.3. The molecule has 0 spiro atoms. The number of ether oxygens (including phenoxy) is 1. The molecule has 0 aliphatic carbocycles. The minimum Gasteiger partial charge on any atom is -0.493 e. The van der Waals surface area contributed by atoms with Gasteiger partial charge in [-0.05, 0) is 87.7 Å². The van der Waals surface area contributed by atoms with E-state index in [9.17, 15) is 4.79 Å². The highest BCUT2D eigenvalue weighted by Crippen LogP contribution is 2.42. The number of hydrogen-bond acceptors (Lipinski definition) is 4. The Morgan fingerprint density at radius 2 is 2.12 bits per heavy atom. The fourth-order valence-electron chi connectivity index (χ4n) is 5.39. The van der Waals surface area contributed by atoms with Crippen molar-refractivity contribution >= 4 is 16.9 Å². The molecular formula is C28H40N4O2. The van der Waals surface area contributed by atoms with Crippen molar-refractivity contribution in [2.45, 2.75) is 65.1 Å². The fourth-order valence-corrected chi connectivity index (χ4v) is 5.39. The van der Waals surface area contributed by atoms with Gasteiger partial charge in [0.2, 0.25) is 0 Å². The highest BCUT2D eigenvalue weighted by Gasteiger charge is 2.43. The largest absolute Gasteiger partial charge is 0.493 e. The monoisotopic (exact) mass is 464 g/mol. The summed E-state index contributed by atoms with van der Waals surface area (Å²) in [6.07, 6.45) is 6.20. The number of carbonyl (C=O) groups is 1. The van der Waals surface area contributed by atoms with Gasteiger partial charge in [-0.1, -0.05) is 19.9 Å². The molecule has 5 atom stereocenters. The number of aromatic nitrogens is 1. The van der Waals surface area contributed by atoms with Crippen LogP contribution in [0.25, 0.3) is 10.9 Å². The second kappa shape index (κ2) is 9.95. The molecule has 2 aromatic rings. The van der Waals surface area contributed by atoms with Crippen molar-refractivity contribution < 1.29 is 9.53 Å². The Morgan fingerprint density at radius 1 is 1.32 bits per heavy atom. The molecular weight excluding hydrogens is 424 g/mol. The van der Waals surface area contributed by atoms with Gasteiger partial charge in [0.15, 0.2) is 0 Å². The zero-order chi connectivity index (χ0) is 24.5. The smallest absolute Gasteiger partial charge is 0.315 e. The van der Waals surface area contributed by atoms with Crippen molar-refractivity contribution in [3.05, 3.63) is 48.7 Å². The molecule has 3 saturated heterocycles. The van der Waals surface area contributed by atoms with Crippen LogP contribution in [0.1, 0.15) is 59.1 Å². The molecule has 1 aromatic heterocycles. The second-order valence-electron chi connectivity index (χ2n) is 11.4. The summed E-state index contributed by atoms with van der Waals surface area (Å²) in [7, 11) is 0. The molecule has 6 nitrogen and oxygen atoms in total. The van der Waals surface area contributed by atoms with Gasteiger partial charge in [-0.15, -0.1) is 6.58 Å². The van der Waals surface area contributed by atoms with Crippen molar-refractivity contribution in [1.29, 1.82) is 0 Å². The molecule has 6 heteroatoms. The average molecular weight is 465 g/mol. The Kier molecular flexibility index (Phi) is 7.17. The summed E-state index contributed by atoms with van der Waals surface area (Å²) < 4.78 is 6.03. The number of piperidine rings is 3. The lowest BCUT2D eigenvalue weighted by Crippen LogP contribution is -2.59. The van der Waals surface area contributed by atoms with Crippen LogP contribution in [-0.2, 0) is 0 Å². The lowest BCUT2D eigenvalue weighted by molar-refractivity contribution is 0.00301. The highest BCUT2D eigenvalue weighted by atomic mass is 16.5. The molecule has 3 aliphatic heterocycles. The molecule has 1 unspecified atom stereocenters. The van der Waals surface area contributed by atoms with Gasteiger partial charge in [0.1, 0.15) is 5.75 Å². The van der Waals surface area contributed by atoms with Gasteiger partial charge >= 0.3 is 6.03 Å². The van der Waals surface area contributed by atoms with Crippen LogP contribution in [0.3, 0.4) is 0 Å². The Bertz CT molecular complexity index is 1030. The van der Waals surface area contributed by atoms with E-state index >= 15 is 0 Å². The van der Waals surface area contributed by atoms with Crippen LogP contribution in [0, 0.1) is 17.8 Å². The van der Waals surface area contributed by atoms with Crippen LogP contribution in [-0.4, -0.2) is 47.2 Å². The van der Waals surface area contributed by atoms with E-state index in [-0.39, 0.29) is 23.7 Å². The lowest BCUT2D eigenvalue weighted by atomic mass is 9.73. The van der Waals surface area contributed by atoms with Gasteiger partial charge in [0.05, 0.1) is 18.2 Å². The third kappa shape index (κ3) is 5.54. The maximum atomic E-state index is 13.1. The van der Waals surface area contributed by atoms with E-state index < -0.39 is 0 Å². The average Bonchev–Trinajstić information content (AvgIpc) is 2.79. The summed E-state index contributed by atoms with van der Waals surface area (Å²) >= 11 is 0. The van der Waals surface area contributed by atoms with E-state index in [0.29, 0.717) is 24.4 Å². The third-order valence-corrected chi connectivity index (χ3v) is 6.98. The number of nitrogens with zero attached hydrogens (tertiary/aromatic N) is 2. The van der Waals surface area contributed by atoms with Gasteiger partial charge in [0.25, 0.3) is 0 Å². The number of benzene rings is 1. The second-order valence-corrected chi connectivity index (χ2v) is 11.4. The van der Waals surface area contributed by atoms with E-state index in [4.69, 9.17) is 4.74 Å². The quantitative estimate of drug-likeness (QED) is 0.546. The van der Waals surface area contributed by atoms with Crippen LogP contribution in [0.15, 0.2) is 43.1 Å². The van der Waals surface area contributed by atoms with Crippen LogP contribution in [0.2, 0.25) is 0 Å². The first-order valence-electron chi connectivity index (χ1n) is 12.6. The third-order valence-electron chi connectivity index (χ3n) is 6.98. The van der Waals surface area contributed by atoms with E-state index in [1.165, 1.54) is 6.42 Å². The fraction of sp³-hybridized carbons (Fsp3) is 0.571. The molecule has 3 fully saturated rings. The number of hydrogen-bond donors (Lipinski definition) is 2. The lowest BCUT2D eigenvalue weighted by Gasteiger charge is -2.51. The van der Waals surface area contributed by atoms with Gasteiger partial charge in [0, 0.05) is 29.7 Å². The maximum Gasteiger partial charge on any atom is 0.315 e. The van der Waals surface area contributed by atoms with Gasteiger partial charge in [-0.25, -0.2) is 4.79 Å². The van der Waals surface area contributed by atoms with E-state index in [1.807, 2.05) is 39.1 Å². The number of amides is 2. The maximum absolute atomic E-state index is 13.1. The summed E-state index contributed by atoms with van der Waals surface area (Å²) in [6, 6.07) is 8.08. The number of fused-ring (bicyclic) bond motifs is 4. The van der Waals surface area contributed by atoms with Gasteiger partial charge in [-0.3, -0.25) is 9.88 Å². The molecule has 4 heterocycles. The summed E-state index contributed by atoms with van der Waals surface area (Å²) in [4.78, 5) is 20.2. The summed E-state index contributed by atoms with van der Waals surface area (Å²) in [6.45, 7) is 17.1. The minimum absolute atomic E-state index is 0.141. The number of urea groups is 1. The van der Waals surface area contributed by atoms with Gasteiger partial charge < -0.3 is 15.4 Å². The van der Waals surface area contributed by atoms with Crippen LogP contribution < -0.4 is 15.4 Å². The Labute approximate surface area is 204 Å². The van der Waals surface area contributed by atoms with E-state index in [0.717, 1.165) is 41.7 Å². The van der Waals surface area contributed by atoms with E-state index in [1.54, 1.807) is 0 Å². The molecule has 34 heavy (non-hydrogen) atoms. The van der Waals surface area contributed by atoms with Crippen LogP contribution in [0.5, 0.6) is 5.75 Å². The van der Waals surface area contributed by atoms with Crippen molar-refractivity contribution in [2.75, 3.05) is 19.7 Å². The Balaban J connectivity index is 1.71. The summed E-state index contributed by atoms with van der Waals surface area (Å²) in [5.74, 6) is 2.42. The molecule has 2 bridgehead atoms. The summed E-state index contributed by atoms with van der Waals surface area (Å²) in [5.41, 5.74) is 1.70. The topological polar surface area (TPSA) is 66.5 Å². The Hall–Kier alpha value is -2.60. The molecule has 0 radical (unpaired) electrons. The van der Waals surface area contributed by atoms with Crippen molar-refractivity contribution in [2.24, 2.45) is 17.8 Å². The molecule has 2 amide bonds. The SMILES string of the molecule is C=C[C@H]1CN2CC[C@H]1C[C@H]2[C@H](NC(=O)NC(C)(C)C)c1ccnc2ccc(OCC(C)C)cc12. The normalized spacial score (nSPS) is 25.2. The predicted molar refractivity (Wildman–Crippen MR) is 138 cm³/mol. The Morgan fingerprint density at radius 3 is 2.76 bits per heavy atom. The first-order chi connectivity index (χ1) is 16.1.